The average molecular weight is 238 g/mol. The third kappa shape index (κ3) is 3.09. The van der Waals surface area contributed by atoms with E-state index in [1.54, 1.807) is 12.4 Å². The normalized spacial score (nSPS) is 12.8. The summed E-state index contributed by atoms with van der Waals surface area (Å²) in [6.45, 7) is 0.887. The van der Waals surface area contributed by atoms with Gasteiger partial charge >= 0.3 is 0 Å². The number of hydrogen-bond acceptors (Lipinski definition) is 7. The summed E-state index contributed by atoms with van der Waals surface area (Å²) in [4.78, 5) is 4.05. The second-order valence-corrected chi connectivity index (χ2v) is 3.55. The smallest absolute Gasteiger partial charge is 0.240 e. The first-order valence-corrected chi connectivity index (χ1v) is 5.17. The van der Waals surface area contributed by atoms with Crippen LogP contribution in [0.1, 0.15) is 23.3 Å². The lowest BCUT2D eigenvalue weighted by molar-refractivity contribution is 0.259. The fourth-order valence-corrected chi connectivity index (χ4v) is 1.26. The van der Waals surface area contributed by atoms with Crippen molar-refractivity contribution in [1.29, 1.82) is 0 Å². The lowest BCUT2D eigenvalue weighted by Crippen LogP contribution is -2.16. The topological polar surface area (TPSA) is 126 Å². The lowest BCUT2D eigenvalue weighted by Gasteiger charge is -1.99. The van der Waals surface area contributed by atoms with Crippen molar-refractivity contribution in [2.24, 2.45) is 5.73 Å². The van der Waals surface area contributed by atoms with Gasteiger partial charge in [-0.1, -0.05) is 5.16 Å². The van der Waals surface area contributed by atoms with Crippen LogP contribution < -0.4 is 11.1 Å². The van der Waals surface area contributed by atoms with Crippen molar-refractivity contribution in [1.82, 2.24) is 25.7 Å². The molecule has 2 aromatic rings. The lowest BCUT2D eigenvalue weighted by atomic mass is 10.3. The molecule has 2 rings (SSSR count). The van der Waals surface area contributed by atoms with Crippen LogP contribution in [0.15, 0.2) is 16.9 Å². The summed E-state index contributed by atoms with van der Waals surface area (Å²) in [5.41, 5.74) is 6.58. The fraction of sp³-hybridized carbons (Fsp3) is 0.444. The van der Waals surface area contributed by atoms with Crippen molar-refractivity contribution in [3.8, 4) is 0 Å². The van der Waals surface area contributed by atoms with Crippen LogP contribution in [0.4, 0.5) is 0 Å². The van der Waals surface area contributed by atoms with E-state index in [4.69, 9.17) is 15.4 Å². The summed E-state index contributed by atoms with van der Waals surface area (Å²) >= 11 is 0. The Labute approximate surface area is 97.2 Å². The quantitative estimate of drug-likeness (QED) is 0.512. The van der Waals surface area contributed by atoms with Gasteiger partial charge < -0.3 is 20.7 Å². The van der Waals surface area contributed by atoms with Gasteiger partial charge in [0.1, 0.15) is 0 Å². The predicted molar refractivity (Wildman–Crippen MR) is 57.4 cm³/mol. The van der Waals surface area contributed by atoms with Gasteiger partial charge in [0, 0.05) is 18.3 Å². The van der Waals surface area contributed by atoms with Gasteiger partial charge in [0.15, 0.2) is 5.82 Å². The van der Waals surface area contributed by atoms with Crippen molar-refractivity contribution in [3.63, 3.8) is 0 Å². The Kier molecular flexibility index (Phi) is 3.81. The van der Waals surface area contributed by atoms with E-state index in [9.17, 15) is 0 Å². The van der Waals surface area contributed by atoms with Crippen LogP contribution in [0, 0.1) is 0 Å². The summed E-state index contributed by atoms with van der Waals surface area (Å²) in [7, 11) is 0. The summed E-state index contributed by atoms with van der Waals surface area (Å²) < 4.78 is 4.97. The van der Waals surface area contributed by atoms with E-state index >= 15 is 0 Å². The van der Waals surface area contributed by atoms with E-state index in [0.29, 0.717) is 24.8 Å². The zero-order valence-corrected chi connectivity index (χ0v) is 9.13. The largest absolute Gasteiger partial charge is 0.394 e. The summed E-state index contributed by atoms with van der Waals surface area (Å²) in [6, 6.07) is -0.596. The molecular formula is C9H14N6O2. The van der Waals surface area contributed by atoms with E-state index in [2.05, 4.69) is 25.7 Å². The van der Waals surface area contributed by atoms with Gasteiger partial charge in [-0.3, -0.25) is 5.10 Å². The molecular weight excluding hydrogens is 224 g/mol. The maximum atomic E-state index is 8.83. The molecule has 0 spiro atoms. The first kappa shape index (κ1) is 11.7. The molecule has 1 atom stereocenters. The van der Waals surface area contributed by atoms with Crippen LogP contribution in [-0.2, 0) is 13.1 Å². The van der Waals surface area contributed by atoms with Gasteiger partial charge in [0.25, 0.3) is 0 Å². The zero-order chi connectivity index (χ0) is 12.1. The van der Waals surface area contributed by atoms with Gasteiger partial charge in [0.2, 0.25) is 5.89 Å². The first-order chi connectivity index (χ1) is 8.29. The molecule has 0 fully saturated rings. The Bertz CT molecular complexity index is 440. The fourth-order valence-electron chi connectivity index (χ4n) is 1.26. The molecule has 0 bridgehead atoms. The number of aromatic nitrogens is 4. The summed E-state index contributed by atoms with van der Waals surface area (Å²) in [5.74, 6) is 0.750. The van der Waals surface area contributed by atoms with Crippen LogP contribution in [0.2, 0.25) is 0 Å². The number of rotatable bonds is 6. The van der Waals surface area contributed by atoms with E-state index in [1.807, 2.05) is 0 Å². The molecule has 0 aliphatic carbocycles. The molecule has 0 saturated carbocycles. The number of aromatic amines is 1. The average Bonchev–Trinajstić information content (AvgIpc) is 2.99. The third-order valence-corrected chi connectivity index (χ3v) is 2.17. The number of aliphatic hydroxyl groups is 1. The third-order valence-electron chi connectivity index (χ3n) is 2.17. The number of nitrogens with two attached hydrogens (primary N) is 1. The van der Waals surface area contributed by atoms with Crippen LogP contribution >= 0.6 is 0 Å². The molecule has 0 aliphatic rings. The molecule has 5 N–H and O–H groups in total. The Morgan fingerprint density at radius 3 is 3.12 bits per heavy atom. The van der Waals surface area contributed by atoms with Crippen molar-refractivity contribution in [2.45, 2.75) is 19.1 Å². The van der Waals surface area contributed by atoms with Gasteiger partial charge in [-0.25, -0.2) is 0 Å². The number of hydrogen-bond donors (Lipinski definition) is 4. The van der Waals surface area contributed by atoms with Crippen LogP contribution in [-0.4, -0.2) is 32.1 Å². The molecule has 0 radical (unpaired) electrons. The molecule has 92 valence electrons. The van der Waals surface area contributed by atoms with Crippen LogP contribution in [0.3, 0.4) is 0 Å². The minimum absolute atomic E-state index is 0.207. The number of H-pyrrole nitrogens is 1. The monoisotopic (exact) mass is 238 g/mol. The molecule has 8 nitrogen and oxygen atoms in total. The highest BCUT2D eigenvalue weighted by Gasteiger charge is 2.12. The number of nitrogens with one attached hydrogen (secondary N) is 2. The molecule has 2 aromatic heterocycles. The summed E-state index contributed by atoms with van der Waals surface area (Å²) in [5, 5.41) is 22.2. The van der Waals surface area contributed by atoms with Gasteiger partial charge in [-0.15, -0.1) is 0 Å². The number of nitrogens with zero attached hydrogens (tertiary/aromatic N) is 3. The molecule has 2 heterocycles. The summed E-state index contributed by atoms with van der Waals surface area (Å²) in [6.07, 6.45) is 3.53. The van der Waals surface area contributed by atoms with Crippen molar-refractivity contribution >= 4 is 0 Å². The first-order valence-electron chi connectivity index (χ1n) is 5.17. The van der Waals surface area contributed by atoms with Crippen molar-refractivity contribution in [2.75, 3.05) is 6.61 Å². The highest BCUT2D eigenvalue weighted by molar-refractivity contribution is 5.01. The molecule has 17 heavy (non-hydrogen) atoms. The highest BCUT2D eigenvalue weighted by Crippen LogP contribution is 2.05. The van der Waals surface area contributed by atoms with E-state index in [-0.39, 0.29) is 6.61 Å². The van der Waals surface area contributed by atoms with Crippen LogP contribution in [0.25, 0.3) is 0 Å². The Balaban J connectivity index is 1.81. The Hall–Kier alpha value is -1.77. The van der Waals surface area contributed by atoms with E-state index < -0.39 is 6.04 Å². The van der Waals surface area contributed by atoms with E-state index in [0.717, 1.165) is 5.56 Å². The van der Waals surface area contributed by atoms with Gasteiger partial charge in [-0.2, -0.15) is 10.1 Å². The molecule has 1 unspecified atom stereocenters. The van der Waals surface area contributed by atoms with Crippen LogP contribution in [0.5, 0.6) is 0 Å². The minimum atomic E-state index is -0.596. The number of aliphatic hydroxyl groups excluding tert-OH is 1. The predicted octanol–water partition coefficient (Wildman–Crippen LogP) is -0.925. The Morgan fingerprint density at radius 2 is 2.41 bits per heavy atom. The van der Waals surface area contributed by atoms with Gasteiger partial charge in [-0.05, 0) is 0 Å². The Morgan fingerprint density at radius 1 is 1.53 bits per heavy atom. The second kappa shape index (κ2) is 5.53. The SMILES string of the molecule is NC(CO)c1noc(CNCc2cn[nH]c2)n1. The molecule has 0 aliphatic heterocycles. The van der Waals surface area contributed by atoms with E-state index in [1.165, 1.54) is 0 Å². The second-order valence-electron chi connectivity index (χ2n) is 3.55. The maximum Gasteiger partial charge on any atom is 0.240 e. The molecule has 0 amide bonds. The minimum Gasteiger partial charge on any atom is -0.394 e. The standard InChI is InChI=1S/C9H14N6O2/c10-7(5-16)9-14-8(17-15-9)4-11-1-6-2-12-13-3-6/h2-3,7,11,16H,1,4-5,10H2,(H,12,13). The van der Waals surface area contributed by atoms with Crippen molar-refractivity contribution < 1.29 is 9.63 Å². The van der Waals surface area contributed by atoms with Crippen molar-refractivity contribution in [3.05, 3.63) is 29.7 Å². The zero-order valence-electron chi connectivity index (χ0n) is 9.13. The molecule has 0 aromatic carbocycles. The van der Waals surface area contributed by atoms with Gasteiger partial charge in [0.05, 0.1) is 25.4 Å². The molecule has 0 saturated heterocycles. The molecule has 8 heteroatoms. The highest BCUT2D eigenvalue weighted by atomic mass is 16.5. The maximum absolute atomic E-state index is 8.83.